The van der Waals surface area contributed by atoms with Crippen molar-refractivity contribution >= 4 is 27.5 Å². The summed E-state index contributed by atoms with van der Waals surface area (Å²) in [5.41, 5.74) is 1.82. The Morgan fingerprint density at radius 3 is 2.29 bits per heavy atom. The zero-order valence-electron chi connectivity index (χ0n) is 19.5. The number of hydrogen-bond donors (Lipinski definition) is 2. The summed E-state index contributed by atoms with van der Waals surface area (Å²) < 4.78 is 57.1. The van der Waals surface area contributed by atoms with E-state index in [1.807, 2.05) is 31.2 Å². The van der Waals surface area contributed by atoms with Crippen LogP contribution in [0.3, 0.4) is 0 Å². The van der Waals surface area contributed by atoms with Crippen molar-refractivity contribution in [1.82, 2.24) is 9.80 Å². The van der Waals surface area contributed by atoms with Crippen molar-refractivity contribution in [3.63, 3.8) is 0 Å². The first-order valence-corrected chi connectivity index (χ1v) is 12.8. The van der Waals surface area contributed by atoms with Crippen LogP contribution in [0.25, 0.3) is 0 Å². The van der Waals surface area contributed by atoms with Crippen LogP contribution in [0, 0.1) is 12.8 Å². The van der Waals surface area contributed by atoms with E-state index in [2.05, 4.69) is 24.1 Å². The number of fused-ring (bicyclic) bond motifs is 1. The number of carbonyl (C=O) groups excluding carboxylic acids is 1. The van der Waals surface area contributed by atoms with Crippen LogP contribution in [0.1, 0.15) is 32.3 Å². The molecule has 0 aromatic heterocycles. The summed E-state index contributed by atoms with van der Waals surface area (Å²) in [6, 6.07) is 7.56. The lowest BCUT2D eigenvalue weighted by atomic mass is 10.0. The van der Waals surface area contributed by atoms with Crippen LogP contribution in [-0.2, 0) is 14.6 Å². The molecule has 0 spiro atoms. The van der Waals surface area contributed by atoms with Gasteiger partial charge in [-0.05, 0) is 37.3 Å². The summed E-state index contributed by atoms with van der Waals surface area (Å²) in [5, 5.41) is 9.74. The highest BCUT2D eigenvalue weighted by molar-refractivity contribution is 7.92. The Morgan fingerprint density at radius 2 is 1.74 bits per heavy atom. The molecule has 0 unspecified atom stereocenters. The second-order valence-electron chi connectivity index (χ2n) is 8.97. The molecule has 3 rings (SSSR count). The lowest BCUT2D eigenvalue weighted by Crippen LogP contribution is -2.55. The van der Waals surface area contributed by atoms with E-state index in [9.17, 15) is 26.4 Å². The predicted molar refractivity (Wildman–Crippen MR) is 122 cm³/mol. The number of anilines is 1. The summed E-state index contributed by atoms with van der Waals surface area (Å²) >= 11 is 0. The lowest BCUT2D eigenvalue weighted by molar-refractivity contribution is -0.192. The maximum Gasteiger partial charge on any atom is 0.490 e. The molecule has 2 amide bonds. The van der Waals surface area contributed by atoms with E-state index in [-0.39, 0.29) is 23.1 Å². The van der Waals surface area contributed by atoms with Crippen LogP contribution < -0.4 is 5.32 Å². The molecular weight excluding hydrogens is 475 g/mol. The number of aliphatic carboxylic acids is 1. The molecule has 1 aromatic rings. The van der Waals surface area contributed by atoms with Gasteiger partial charge >= 0.3 is 18.2 Å². The van der Waals surface area contributed by atoms with Crippen molar-refractivity contribution in [1.29, 1.82) is 0 Å². The molecule has 192 valence electrons. The number of aryl methyl sites for hydroxylation is 1. The fourth-order valence-electron chi connectivity index (χ4n) is 4.27. The fraction of sp³-hybridized carbons (Fsp3) is 0.636. The minimum Gasteiger partial charge on any atom is -0.475 e. The number of carbonyl (C=O) groups is 2. The summed E-state index contributed by atoms with van der Waals surface area (Å²) in [6.07, 6.45) is -3.86. The van der Waals surface area contributed by atoms with Gasteiger partial charge in [-0.2, -0.15) is 13.2 Å². The second kappa shape index (κ2) is 11.4. The normalized spacial score (nSPS) is 22.7. The Labute approximate surface area is 198 Å². The van der Waals surface area contributed by atoms with Gasteiger partial charge < -0.3 is 15.3 Å². The SMILES string of the molecule is Cc1ccccc1NC(=O)N1CC[C@@H]2[C@H](CC1)N(CC(C)C)CCS2(=O)=O.O=C(O)C(F)(F)F. The van der Waals surface area contributed by atoms with Crippen molar-refractivity contribution in [2.75, 3.05) is 37.2 Å². The predicted octanol–water partition coefficient (Wildman–Crippen LogP) is 3.38. The highest BCUT2D eigenvalue weighted by Gasteiger charge is 2.43. The average molecular weight is 508 g/mol. The summed E-state index contributed by atoms with van der Waals surface area (Å²) in [4.78, 5) is 25.8. The summed E-state index contributed by atoms with van der Waals surface area (Å²) in [7, 11) is -3.09. The number of nitrogens with zero attached hydrogens (tertiary/aromatic N) is 2. The van der Waals surface area contributed by atoms with E-state index in [1.54, 1.807) is 4.90 Å². The van der Waals surface area contributed by atoms with Gasteiger partial charge in [-0.3, -0.25) is 4.90 Å². The quantitative estimate of drug-likeness (QED) is 0.650. The van der Waals surface area contributed by atoms with E-state index in [0.717, 1.165) is 17.8 Å². The van der Waals surface area contributed by atoms with Crippen LogP contribution >= 0.6 is 0 Å². The van der Waals surface area contributed by atoms with E-state index in [0.29, 0.717) is 38.4 Å². The third kappa shape index (κ3) is 7.59. The van der Waals surface area contributed by atoms with Crippen molar-refractivity contribution in [2.24, 2.45) is 5.92 Å². The lowest BCUT2D eigenvalue weighted by Gasteiger charge is -2.40. The number of urea groups is 1. The second-order valence-corrected chi connectivity index (χ2v) is 11.3. The highest BCUT2D eigenvalue weighted by atomic mass is 32.2. The zero-order chi connectivity index (χ0) is 25.7. The number of amides is 2. The average Bonchev–Trinajstić information content (AvgIpc) is 2.96. The molecule has 12 heteroatoms. The van der Waals surface area contributed by atoms with Gasteiger partial charge in [0.25, 0.3) is 0 Å². The van der Waals surface area contributed by atoms with Gasteiger partial charge in [0.05, 0.1) is 11.0 Å². The van der Waals surface area contributed by atoms with Crippen molar-refractivity contribution < 1.29 is 36.3 Å². The third-order valence-electron chi connectivity index (χ3n) is 5.92. The minimum absolute atomic E-state index is 0.0161. The van der Waals surface area contributed by atoms with E-state index in [1.165, 1.54) is 0 Å². The van der Waals surface area contributed by atoms with Crippen LogP contribution in [0.5, 0.6) is 0 Å². The molecule has 0 bridgehead atoms. The molecule has 0 radical (unpaired) electrons. The first-order valence-electron chi connectivity index (χ1n) is 11.1. The number of hydrogen-bond acceptors (Lipinski definition) is 5. The zero-order valence-corrected chi connectivity index (χ0v) is 20.3. The number of sulfone groups is 1. The van der Waals surface area contributed by atoms with Gasteiger partial charge in [-0.15, -0.1) is 0 Å². The number of likely N-dealkylation sites (tertiary alicyclic amines) is 1. The van der Waals surface area contributed by atoms with Gasteiger partial charge in [-0.25, -0.2) is 18.0 Å². The summed E-state index contributed by atoms with van der Waals surface area (Å²) in [6.45, 7) is 8.87. The number of benzene rings is 1. The van der Waals surface area contributed by atoms with Gasteiger partial charge in [0.15, 0.2) is 9.84 Å². The molecule has 2 heterocycles. The van der Waals surface area contributed by atoms with Gasteiger partial charge in [0, 0.05) is 37.9 Å². The van der Waals surface area contributed by atoms with E-state index in [4.69, 9.17) is 9.90 Å². The standard InChI is InChI=1S/C20H31N3O3S.C2HF3O2/c1-15(2)14-23-12-13-27(25,26)19-9-11-22(10-8-18(19)23)20(24)21-17-7-5-4-6-16(17)3;3-2(4,5)1(6)7/h4-7,15,18-19H,8-14H2,1-3H3,(H,21,24);(H,6,7)/t18-,19+;/m0./s1. The molecule has 0 saturated carbocycles. The number of rotatable bonds is 3. The maximum absolute atomic E-state index is 12.8. The number of halogens is 3. The molecular formula is C22H32F3N3O5S. The maximum atomic E-state index is 12.8. The number of nitrogens with one attached hydrogen (secondary N) is 1. The minimum atomic E-state index is -5.08. The monoisotopic (exact) mass is 507 g/mol. The molecule has 0 aliphatic carbocycles. The van der Waals surface area contributed by atoms with Crippen LogP contribution in [-0.4, -0.2) is 84.7 Å². The molecule has 1 aromatic carbocycles. The van der Waals surface area contributed by atoms with Crippen molar-refractivity contribution in [3.05, 3.63) is 29.8 Å². The molecule has 2 aliphatic rings. The highest BCUT2D eigenvalue weighted by Crippen LogP contribution is 2.29. The molecule has 2 fully saturated rings. The molecule has 34 heavy (non-hydrogen) atoms. The topological polar surface area (TPSA) is 107 Å². The number of carboxylic acid groups (broad SMARTS) is 1. The van der Waals surface area contributed by atoms with E-state index < -0.39 is 22.0 Å². The fourth-order valence-corrected chi connectivity index (χ4v) is 6.31. The first-order chi connectivity index (χ1) is 15.7. The molecule has 2 atom stereocenters. The largest absolute Gasteiger partial charge is 0.490 e. The smallest absolute Gasteiger partial charge is 0.475 e. The van der Waals surface area contributed by atoms with Crippen molar-refractivity contribution in [2.45, 2.75) is 51.1 Å². The van der Waals surface area contributed by atoms with Crippen LogP contribution in [0.15, 0.2) is 24.3 Å². The van der Waals surface area contributed by atoms with Gasteiger partial charge in [0.1, 0.15) is 0 Å². The number of carboxylic acids is 1. The Kier molecular flexibility index (Phi) is 9.35. The molecule has 2 N–H and O–H groups in total. The number of para-hydroxylation sites is 1. The molecule has 8 nitrogen and oxygen atoms in total. The van der Waals surface area contributed by atoms with E-state index >= 15 is 0 Å². The number of alkyl halides is 3. The first kappa shape index (κ1) is 27.9. The van der Waals surface area contributed by atoms with Crippen LogP contribution in [0.2, 0.25) is 0 Å². The van der Waals surface area contributed by atoms with Crippen LogP contribution in [0.4, 0.5) is 23.7 Å². The molecule has 2 saturated heterocycles. The Morgan fingerprint density at radius 1 is 1.15 bits per heavy atom. The van der Waals surface area contributed by atoms with Crippen molar-refractivity contribution in [3.8, 4) is 0 Å². The Balaban J connectivity index is 0.000000509. The van der Waals surface area contributed by atoms with Gasteiger partial charge in [-0.1, -0.05) is 32.0 Å². The summed E-state index contributed by atoms with van der Waals surface area (Å²) in [5.74, 6) is -2.03. The molecule has 2 aliphatic heterocycles. The Bertz CT molecular complexity index is 969. The Hall–Kier alpha value is -2.34. The third-order valence-corrected chi connectivity index (χ3v) is 8.14. The van der Waals surface area contributed by atoms with Gasteiger partial charge in [0.2, 0.25) is 0 Å².